The molecule has 3 aromatic rings. The van der Waals surface area contributed by atoms with Crippen LogP contribution in [0.15, 0.2) is 91.0 Å². The van der Waals surface area contributed by atoms with Crippen LogP contribution in [0.5, 0.6) is 0 Å². The molecular formula is C37H40O8. The molecule has 0 N–H and O–H groups in total. The first kappa shape index (κ1) is 30.3. The largest absolute Gasteiger partial charge is 0.465 e. The van der Waals surface area contributed by atoms with Gasteiger partial charge in [-0.3, -0.25) is 9.59 Å². The summed E-state index contributed by atoms with van der Waals surface area (Å²) in [6, 6.07) is 29.8. The molecule has 0 amide bonds. The highest BCUT2D eigenvalue weighted by molar-refractivity contribution is 6.05. The predicted molar refractivity (Wildman–Crippen MR) is 163 cm³/mol. The van der Waals surface area contributed by atoms with Gasteiger partial charge in [-0.1, -0.05) is 91.0 Å². The van der Waals surface area contributed by atoms with Crippen molar-refractivity contribution < 1.29 is 38.0 Å². The number of benzene rings is 3. The molecule has 0 spiro atoms. The molecule has 0 radical (unpaired) electrons. The van der Waals surface area contributed by atoms with Gasteiger partial charge in [-0.15, -0.1) is 0 Å². The molecule has 5 aliphatic rings. The van der Waals surface area contributed by atoms with E-state index in [0.717, 1.165) is 16.7 Å². The summed E-state index contributed by atoms with van der Waals surface area (Å²) in [6.45, 7) is 3.73. The first-order valence-electron chi connectivity index (χ1n) is 16.0. The van der Waals surface area contributed by atoms with Gasteiger partial charge in [0.2, 0.25) is 0 Å². The number of esters is 1. The van der Waals surface area contributed by atoms with Crippen molar-refractivity contribution in [2.45, 2.75) is 63.7 Å². The minimum absolute atomic E-state index is 0.0558. The molecule has 4 saturated carbocycles. The van der Waals surface area contributed by atoms with E-state index in [0.29, 0.717) is 32.7 Å². The van der Waals surface area contributed by atoms with Gasteiger partial charge in [0.25, 0.3) is 0 Å². The maximum absolute atomic E-state index is 13.9. The smallest absolute Gasteiger partial charge is 0.316 e. The van der Waals surface area contributed by atoms with Crippen molar-refractivity contribution in [2.75, 3.05) is 19.8 Å². The van der Waals surface area contributed by atoms with E-state index in [4.69, 9.17) is 28.4 Å². The molecule has 1 saturated heterocycles. The molecule has 0 unspecified atom stereocenters. The van der Waals surface area contributed by atoms with Crippen LogP contribution < -0.4 is 0 Å². The molecule has 1 aliphatic heterocycles. The maximum Gasteiger partial charge on any atom is 0.316 e. The Hall–Kier alpha value is -3.40. The number of carbonyl (C=O) groups is 2. The van der Waals surface area contributed by atoms with E-state index in [-0.39, 0.29) is 31.5 Å². The van der Waals surface area contributed by atoms with E-state index >= 15 is 0 Å². The third kappa shape index (κ3) is 5.32. The van der Waals surface area contributed by atoms with Gasteiger partial charge in [-0.2, -0.15) is 0 Å². The molecule has 4 aliphatic carbocycles. The second-order valence-corrected chi connectivity index (χ2v) is 12.5. The van der Waals surface area contributed by atoms with Crippen LogP contribution in [0.2, 0.25) is 0 Å². The van der Waals surface area contributed by atoms with Crippen LogP contribution >= 0.6 is 0 Å². The summed E-state index contributed by atoms with van der Waals surface area (Å²) in [5, 5.41) is 0. The normalized spacial score (nSPS) is 31.7. The van der Waals surface area contributed by atoms with Crippen molar-refractivity contribution in [3.8, 4) is 0 Å². The number of carbonyl (C=O) groups excluding carboxylic acids is 2. The lowest BCUT2D eigenvalue weighted by atomic mass is 9.69. The Balaban J connectivity index is 1.12. The number of fused-ring (bicyclic) bond motifs is 1. The summed E-state index contributed by atoms with van der Waals surface area (Å²) < 4.78 is 37.7. The van der Waals surface area contributed by atoms with Crippen LogP contribution in [0, 0.1) is 23.2 Å². The lowest BCUT2D eigenvalue weighted by Gasteiger charge is -2.41. The zero-order chi connectivity index (χ0) is 30.9. The van der Waals surface area contributed by atoms with Crippen molar-refractivity contribution in [1.82, 2.24) is 0 Å². The first-order valence-corrected chi connectivity index (χ1v) is 16.0. The molecule has 0 aromatic heterocycles. The lowest BCUT2D eigenvalue weighted by Crippen LogP contribution is -2.51. The number of hydrogen-bond donors (Lipinski definition) is 0. The lowest BCUT2D eigenvalue weighted by molar-refractivity contribution is -0.194. The molecule has 5 fully saturated rings. The Morgan fingerprint density at radius 1 is 0.778 bits per heavy atom. The molecule has 45 heavy (non-hydrogen) atoms. The van der Waals surface area contributed by atoms with Gasteiger partial charge in [0.05, 0.1) is 51.2 Å². The Kier molecular flexibility index (Phi) is 8.59. The maximum atomic E-state index is 13.9. The molecule has 1 heterocycles. The molecule has 8 nitrogen and oxygen atoms in total. The van der Waals surface area contributed by atoms with Crippen LogP contribution in [-0.2, 0) is 57.8 Å². The standard InChI is InChI=1S/C37H40O8/c1-2-42-35(39)37-31(28-18-19-36(37,33(37)32(28)38)43-22-27-16-10-5-11-17-27)34-44-29(23-40-20-25-12-6-3-7-13-25)30(45-34)24-41-21-26-14-8-4-9-15-26/h3-17,28-31,33-34H,2,18-24H2,1H3/t28-,29+,30+,31-,33+,36+,37+/m1/s1. The summed E-state index contributed by atoms with van der Waals surface area (Å²) >= 11 is 0. The molecule has 4 bridgehead atoms. The van der Waals surface area contributed by atoms with Gasteiger partial charge < -0.3 is 28.4 Å². The number of ketones is 1. The number of ether oxygens (including phenoxy) is 6. The summed E-state index contributed by atoms with van der Waals surface area (Å²) in [5.41, 5.74) is 1.03. The van der Waals surface area contributed by atoms with E-state index in [1.54, 1.807) is 6.92 Å². The van der Waals surface area contributed by atoms with E-state index in [2.05, 4.69) is 0 Å². The fourth-order valence-electron chi connectivity index (χ4n) is 8.10. The second kappa shape index (κ2) is 12.8. The van der Waals surface area contributed by atoms with Crippen LogP contribution in [0.4, 0.5) is 0 Å². The van der Waals surface area contributed by atoms with Crippen molar-refractivity contribution in [1.29, 1.82) is 0 Å². The summed E-state index contributed by atoms with van der Waals surface area (Å²) in [7, 11) is 0. The third-order valence-corrected chi connectivity index (χ3v) is 10.0. The van der Waals surface area contributed by atoms with Gasteiger partial charge in [0.15, 0.2) is 6.29 Å². The molecule has 236 valence electrons. The average Bonchev–Trinajstić information content (AvgIpc) is 3.40. The monoisotopic (exact) mass is 612 g/mol. The Morgan fingerprint density at radius 2 is 1.29 bits per heavy atom. The van der Waals surface area contributed by atoms with Crippen molar-refractivity contribution in [2.24, 2.45) is 23.2 Å². The fraction of sp³-hybridized carbons (Fsp3) is 0.459. The summed E-state index contributed by atoms with van der Waals surface area (Å²) in [4.78, 5) is 27.8. The third-order valence-electron chi connectivity index (χ3n) is 10.0. The van der Waals surface area contributed by atoms with E-state index in [1.807, 2.05) is 91.0 Å². The number of rotatable bonds is 14. The molecular weight excluding hydrogens is 572 g/mol. The fourth-order valence-corrected chi connectivity index (χ4v) is 8.10. The van der Waals surface area contributed by atoms with Gasteiger partial charge >= 0.3 is 5.97 Å². The van der Waals surface area contributed by atoms with Crippen molar-refractivity contribution >= 4 is 11.8 Å². The van der Waals surface area contributed by atoms with Crippen LogP contribution in [0.1, 0.15) is 36.5 Å². The van der Waals surface area contributed by atoms with E-state index < -0.39 is 47.3 Å². The van der Waals surface area contributed by atoms with E-state index in [1.165, 1.54) is 0 Å². The van der Waals surface area contributed by atoms with Crippen molar-refractivity contribution in [3.63, 3.8) is 0 Å². The quantitative estimate of drug-likeness (QED) is 0.228. The summed E-state index contributed by atoms with van der Waals surface area (Å²) in [5.74, 6) is -1.78. The van der Waals surface area contributed by atoms with Gasteiger partial charge in [-0.05, 0) is 36.5 Å². The van der Waals surface area contributed by atoms with Crippen molar-refractivity contribution in [3.05, 3.63) is 108 Å². The minimum atomic E-state index is -1.14. The zero-order valence-corrected chi connectivity index (χ0v) is 25.5. The van der Waals surface area contributed by atoms with Gasteiger partial charge in [-0.25, -0.2) is 0 Å². The van der Waals surface area contributed by atoms with Crippen LogP contribution in [0.3, 0.4) is 0 Å². The molecule has 3 aromatic carbocycles. The predicted octanol–water partition coefficient (Wildman–Crippen LogP) is 5.27. The van der Waals surface area contributed by atoms with E-state index in [9.17, 15) is 9.59 Å². The Labute approximate surface area is 263 Å². The Bertz CT molecular complexity index is 1410. The molecule has 8 heteroatoms. The summed E-state index contributed by atoms with van der Waals surface area (Å²) in [6.07, 6.45) is -0.450. The SMILES string of the molecule is CCOC(=O)[C@]12[C@H]3C(=O)[C@H](CC[C@]31OCc1ccccc1)[C@@H]2C1O[C@@H](COCc2ccccc2)[C@H](COCc2ccccc2)O1. The van der Waals surface area contributed by atoms with Crippen LogP contribution in [0.25, 0.3) is 0 Å². The highest BCUT2D eigenvalue weighted by Gasteiger charge is 2.95. The highest BCUT2D eigenvalue weighted by Crippen LogP contribution is 2.81. The van der Waals surface area contributed by atoms with Gasteiger partial charge in [0.1, 0.15) is 23.4 Å². The Morgan fingerprint density at radius 3 is 1.80 bits per heavy atom. The topological polar surface area (TPSA) is 89.5 Å². The number of Topliss-reactive ketones (excluding diaryl/α,β-unsaturated/α-hetero) is 1. The zero-order valence-electron chi connectivity index (χ0n) is 25.5. The number of hydrogen-bond acceptors (Lipinski definition) is 8. The molecule has 7 atom stereocenters. The minimum Gasteiger partial charge on any atom is -0.465 e. The second-order valence-electron chi connectivity index (χ2n) is 12.5. The highest BCUT2D eigenvalue weighted by atomic mass is 16.7. The van der Waals surface area contributed by atoms with Gasteiger partial charge in [0, 0.05) is 11.8 Å². The first-order chi connectivity index (χ1) is 22.1. The average molecular weight is 613 g/mol. The van der Waals surface area contributed by atoms with Crippen LogP contribution in [-0.4, -0.2) is 55.7 Å². The molecule has 8 rings (SSSR count).